The highest BCUT2D eigenvalue weighted by Gasteiger charge is 2.10. The van der Waals surface area contributed by atoms with Crippen LogP contribution < -0.4 is 4.74 Å². The first kappa shape index (κ1) is 16.6. The monoisotopic (exact) mass is 388 g/mol. The zero-order valence-electron chi connectivity index (χ0n) is 11.4. The van der Waals surface area contributed by atoms with Gasteiger partial charge in [-0.3, -0.25) is 0 Å². The Labute approximate surface area is 142 Å². The lowest BCUT2D eigenvalue weighted by molar-refractivity contribution is 0.175. The molecule has 1 atom stereocenters. The predicted molar refractivity (Wildman–Crippen MR) is 90.6 cm³/mol. The molecular weight excluding hydrogens is 375 g/mol. The van der Waals surface area contributed by atoms with Crippen LogP contribution in [0.1, 0.15) is 11.1 Å². The van der Waals surface area contributed by atoms with E-state index in [0.29, 0.717) is 22.9 Å². The fourth-order valence-corrected chi connectivity index (χ4v) is 3.03. The van der Waals surface area contributed by atoms with Gasteiger partial charge in [-0.2, -0.15) is 0 Å². The second kappa shape index (κ2) is 7.50. The molecule has 2 nitrogen and oxygen atoms in total. The Hall–Kier alpha value is -0.740. The molecule has 0 saturated heterocycles. The van der Waals surface area contributed by atoms with E-state index in [1.807, 2.05) is 24.3 Å². The summed E-state index contributed by atoms with van der Waals surface area (Å²) in [5.41, 5.74) is 2.00. The Bertz CT molecular complexity index is 632. The van der Waals surface area contributed by atoms with E-state index in [1.165, 1.54) is 0 Å². The van der Waals surface area contributed by atoms with Crippen molar-refractivity contribution in [3.05, 3.63) is 62.0 Å². The zero-order chi connectivity index (χ0) is 15.4. The lowest BCUT2D eigenvalue weighted by atomic mass is 10.0. The SMILES string of the molecule is COc1ccc(CC(O)Cc2ccc(Cl)c(Cl)c2)cc1Br. The summed E-state index contributed by atoms with van der Waals surface area (Å²) in [4.78, 5) is 0. The van der Waals surface area contributed by atoms with Gasteiger partial charge in [-0.1, -0.05) is 35.3 Å². The highest BCUT2D eigenvalue weighted by atomic mass is 79.9. The Morgan fingerprint density at radius 2 is 1.67 bits per heavy atom. The number of hydrogen-bond donors (Lipinski definition) is 1. The predicted octanol–water partition coefficient (Wildman–Crippen LogP) is 4.91. The van der Waals surface area contributed by atoms with Crippen LogP contribution in [-0.2, 0) is 12.8 Å². The molecule has 0 spiro atoms. The van der Waals surface area contributed by atoms with E-state index in [-0.39, 0.29) is 0 Å². The molecule has 0 aliphatic rings. The molecule has 2 aromatic carbocycles. The fraction of sp³-hybridized carbons (Fsp3) is 0.250. The van der Waals surface area contributed by atoms with Crippen molar-refractivity contribution in [2.75, 3.05) is 7.11 Å². The smallest absolute Gasteiger partial charge is 0.133 e. The van der Waals surface area contributed by atoms with E-state index in [0.717, 1.165) is 21.3 Å². The van der Waals surface area contributed by atoms with E-state index < -0.39 is 6.10 Å². The normalized spacial score (nSPS) is 12.2. The molecule has 2 rings (SSSR count). The number of hydrogen-bond acceptors (Lipinski definition) is 2. The molecule has 0 radical (unpaired) electrons. The second-order valence-corrected chi connectivity index (χ2v) is 6.45. The molecule has 0 heterocycles. The molecule has 0 aliphatic carbocycles. The van der Waals surface area contributed by atoms with Crippen LogP contribution in [0.15, 0.2) is 40.9 Å². The number of ether oxygens (including phenoxy) is 1. The summed E-state index contributed by atoms with van der Waals surface area (Å²) in [5, 5.41) is 11.2. The van der Waals surface area contributed by atoms with Crippen LogP contribution in [0.4, 0.5) is 0 Å². The van der Waals surface area contributed by atoms with Crippen molar-refractivity contribution < 1.29 is 9.84 Å². The van der Waals surface area contributed by atoms with Gasteiger partial charge < -0.3 is 9.84 Å². The lowest BCUT2D eigenvalue weighted by Gasteiger charge is -2.12. The second-order valence-electron chi connectivity index (χ2n) is 4.78. The van der Waals surface area contributed by atoms with Crippen molar-refractivity contribution in [3.8, 4) is 5.75 Å². The summed E-state index contributed by atoms with van der Waals surface area (Å²) in [6, 6.07) is 11.2. The van der Waals surface area contributed by atoms with Crippen molar-refractivity contribution in [1.82, 2.24) is 0 Å². The molecule has 1 unspecified atom stereocenters. The largest absolute Gasteiger partial charge is 0.496 e. The van der Waals surface area contributed by atoms with E-state index in [2.05, 4.69) is 15.9 Å². The van der Waals surface area contributed by atoms with Crippen LogP contribution in [-0.4, -0.2) is 18.3 Å². The Balaban J connectivity index is 2.02. The molecule has 2 aromatic rings. The maximum Gasteiger partial charge on any atom is 0.133 e. The highest BCUT2D eigenvalue weighted by Crippen LogP contribution is 2.27. The number of aliphatic hydroxyl groups excluding tert-OH is 1. The molecule has 0 saturated carbocycles. The van der Waals surface area contributed by atoms with Crippen LogP contribution >= 0.6 is 39.1 Å². The van der Waals surface area contributed by atoms with Crippen LogP contribution in [0.5, 0.6) is 5.75 Å². The Kier molecular flexibility index (Phi) is 5.94. The summed E-state index contributed by atoms with van der Waals surface area (Å²) < 4.78 is 6.07. The molecule has 112 valence electrons. The number of rotatable bonds is 5. The van der Waals surface area contributed by atoms with E-state index in [4.69, 9.17) is 27.9 Å². The van der Waals surface area contributed by atoms with Gasteiger partial charge in [0.1, 0.15) is 5.75 Å². The van der Waals surface area contributed by atoms with Gasteiger partial charge in [0.2, 0.25) is 0 Å². The maximum atomic E-state index is 10.2. The molecule has 21 heavy (non-hydrogen) atoms. The van der Waals surface area contributed by atoms with Crippen molar-refractivity contribution in [3.63, 3.8) is 0 Å². The molecule has 1 N–H and O–H groups in total. The van der Waals surface area contributed by atoms with Gasteiger partial charge in [0, 0.05) is 0 Å². The molecule has 0 fully saturated rings. The number of methoxy groups -OCH3 is 1. The van der Waals surface area contributed by atoms with Crippen molar-refractivity contribution in [2.45, 2.75) is 18.9 Å². The average Bonchev–Trinajstić information content (AvgIpc) is 2.43. The summed E-state index contributed by atoms with van der Waals surface area (Å²) in [7, 11) is 1.62. The Morgan fingerprint density at radius 1 is 1.05 bits per heavy atom. The minimum absolute atomic E-state index is 0.484. The molecule has 0 aliphatic heterocycles. The minimum Gasteiger partial charge on any atom is -0.496 e. The molecule has 0 bridgehead atoms. The maximum absolute atomic E-state index is 10.2. The Morgan fingerprint density at radius 3 is 2.24 bits per heavy atom. The molecule has 0 amide bonds. The third kappa shape index (κ3) is 4.62. The van der Waals surface area contributed by atoms with Gasteiger partial charge in [-0.15, -0.1) is 0 Å². The van der Waals surface area contributed by atoms with Gasteiger partial charge in [0.15, 0.2) is 0 Å². The number of aliphatic hydroxyl groups is 1. The quantitative estimate of drug-likeness (QED) is 0.787. The summed E-state index contributed by atoms with van der Waals surface area (Å²) in [5.74, 6) is 0.776. The van der Waals surface area contributed by atoms with Gasteiger partial charge in [-0.05, 0) is 64.2 Å². The van der Waals surface area contributed by atoms with Crippen LogP contribution in [0.2, 0.25) is 10.0 Å². The third-order valence-electron chi connectivity index (χ3n) is 3.14. The van der Waals surface area contributed by atoms with Gasteiger partial charge in [0.25, 0.3) is 0 Å². The highest BCUT2D eigenvalue weighted by molar-refractivity contribution is 9.10. The summed E-state index contributed by atoms with van der Waals surface area (Å²) in [6.45, 7) is 0. The number of benzene rings is 2. The van der Waals surface area contributed by atoms with Crippen LogP contribution in [0.3, 0.4) is 0 Å². The van der Waals surface area contributed by atoms with Crippen molar-refractivity contribution in [1.29, 1.82) is 0 Å². The summed E-state index contributed by atoms with van der Waals surface area (Å²) >= 11 is 15.3. The molecule has 5 heteroatoms. The first-order chi connectivity index (χ1) is 9.99. The minimum atomic E-state index is -0.484. The van der Waals surface area contributed by atoms with Gasteiger partial charge in [0.05, 0.1) is 27.7 Å². The third-order valence-corrected chi connectivity index (χ3v) is 4.50. The van der Waals surface area contributed by atoms with Crippen LogP contribution in [0, 0.1) is 0 Å². The van der Waals surface area contributed by atoms with E-state index in [1.54, 1.807) is 19.2 Å². The molecular formula is C16H15BrCl2O2. The fourth-order valence-electron chi connectivity index (χ4n) is 2.12. The van der Waals surface area contributed by atoms with Gasteiger partial charge in [-0.25, -0.2) is 0 Å². The zero-order valence-corrected chi connectivity index (χ0v) is 14.5. The van der Waals surface area contributed by atoms with Crippen LogP contribution in [0.25, 0.3) is 0 Å². The van der Waals surface area contributed by atoms with Crippen molar-refractivity contribution >= 4 is 39.1 Å². The van der Waals surface area contributed by atoms with Gasteiger partial charge >= 0.3 is 0 Å². The first-order valence-corrected chi connectivity index (χ1v) is 7.99. The topological polar surface area (TPSA) is 29.5 Å². The lowest BCUT2D eigenvalue weighted by Crippen LogP contribution is -2.14. The van der Waals surface area contributed by atoms with E-state index in [9.17, 15) is 5.11 Å². The summed E-state index contributed by atoms with van der Waals surface area (Å²) in [6.07, 6.45) is 0.603. The number of halogens is 3. The van der Waals surface area contributed by atoms with Crippen molar-refractivity contribution in [2.24, 2.45) is 0 Å². The first-order valence-electron chi connectivity index (χ1n) is 6.44. The average molecular weight is 390 g/mol. The van der Waals surface area contributed by atoms with E-state index >= 15 is 0 Å². The molecule has 0 aromatic heterocycles. The standard InChI is InChI=1S/C16H15BrCl2O2/c1-21-16-5-3-10(8-13(16)17)6-12(20)7-11-2-4-14(18)15(19)9-11/h2-5,8-9,12,20H,6-7H2,1H3.